The van der Waals surface area contributed by atoms with E-state index in [2.05, 4.69) is 63.2 Å². The first-order valence-corrected chi connectivity index (χ1v) is 22.6. The zero-order valence-corrected chi connectivity index (χ0v) is 35.1. The van der Waals surface area contributed by atoms with E-state index < -0.39 is 43.1 Å². The van der Waals surface area contributed by atoms with Gasteiger partial charge in [-0.3, -0.25) is 4.79 Å². The Bertz CT molecular complexity index is 1940. The van der Waals surface area contributed by atoms with Gasteiger partial charge in [-0.15, -0.1) is 0 Å². The molecule has 0 amide bonds. The third-order valence-corrected chi connectivity index (χ3v) is 12.4. The SMILES string of the molecule is CC1(C)C(/C=C/C=C/C=C2\N(CCCS(=O)(=O)[O-])c3ccccc3C2(C)CCCCCC(=O)O)=[N+](CCCS(=O)(=O)[O-])c2ccccc21.CC[NH+](CC)CC. The van der Waals surface area contributed by atoms with Gasteiger partial charge in [0.2, 0.25) is 5.69 Å². The number of hydrogen-bond donors (Lipinski definition) is 2. The zero-order valence-electron chi connectivity index (χ0n) is 33.4. The summed E-state index contributed by atoms with van der Waals surface area (Å²) in [6.07, 6.45) is 13.2. The highest BCUT2D eigenvalue weighted by molar-refractivity contribution is 7.85. The van der Waals surface area contributed by atoms with Crippen LogP contribution in [0.5, 0.6) is 0 Å². The van der Waals surface area contributed by atoms with Crippen LogP contribution in [0, 0.1) is 0 Å². The van der Waals surface area contributed by atoms with E-state index in [4.69, 9.17) is 5.11 Å². The second kappa shape index (κ2) is 20.5. The fourth-order valence-electron chi connectivity index (χ4n) is 7.74. The molecule has 0 radical (unpaired) electrons. The zero-order chi connectivity index (χ0) is 40.9. The summed E-state index contributed by atoms with van der Waals surface area (Å²) in [6.45, 7) is 17.6. The number of carboxylic acids is 1. The van der Waals surface area contributed by atoms with Gasteiger partial charge >= 0.3 is 5.97 Å². The number of anilines is 1. The number of hydrogen-bond acceptors (Lipinski definition) is 8. The lowest BCUT2D eigenvalue weighted by molar-refractivity contribution is -0.894. The highest BCUT2D eigenvalue weighted by Gasteiger charge is 2.44. The third kappa shape index (κ3) is 13.0. The number of carboxylic acid groups (broad SMARTS) is 1. The van der Waals surface area contributed by atoms with E-state index in [1.54, 1.807) is 4.90 Å². The number of fused-ring (bicyclic) bond motifs is 2. The third-order valence-electron chi connectivity index (χ3n) is 10.8. The Morgan fingerprint density at radius 3 is 2.00 bits per heavy atom. The molecule has 1 atom stereocenters. The molecule has 0 aliphatic carbocycles. The minimum absolute atomic E-state index is 0.122. The molecule has 1 unspecified atom stereocenters. The van der Waals surface area contributed by atoms with Crippen molar-refractivity contribution in [2.45, 2.75) is 97.3 Å². The monoisotopic (exact) mass is 799 g/mol. The van der Waals surface area contributed by atoms with Crippen molar-refractivity contribution in [1.29, 1.82) is 0 Å². The van der Waals surface area contributed by atoms with Crippen LogP contribution in [0.3, 0.4) is 0 Å². The smallest absolute Gasteiger partial charge is 0.303 e. The predicted molar refractivity (Wildman–Crippen MR) is 218 cm³/mol. The van der Waals surface area contributed by atoms with Gasteiger partial charge in [-0.1, -0.05) is 67.5 Å². The lowest BCUT2D eigenvalue weighted by Gasteiger charge is -2.30. The fraction of sp³-hybridized carbons (Fsp3) is 0.524. The number of allylic oxidation sites excluding steroid dienone is 6. The van der Waals surface area contributed by atoms with Crippen molar-refractivity contribution in [2.75, 3.05) is 49.1 Å². The van der Waals surface area contributed by atoms with E-state index in [0.717, 1.165) is 53.2 Å². The molecule has 0 fully saturated rings. The van der Waals surface area contributed by atoms with Crippen LogP contribution < -0.4 is 9.80 Å². The van der Waals surface area contributed by atoms with Crippen molar-refractivity contribution < 1.29 is 45.3 Å². The van der Waals surface area contributed by atoms with Gasteiger partial charge < -0.3 is 24.0 Å². The molecule has 4 rings (SSSR count). The van der Waals surface area contributed by atoms with Crippen molar-refractivity contribution in [2.24, 2.45) is 0 Å². The average Bonchev–Trinajstić information content (AvgIpc) is 3.47. The van der Waals surface area contributed by atoms with Gasteiger partial charge in [0.15, 0.2) is 5.71 Å². The molecule has 55 heavy (non-hydrogen) atoms. The van der Waals surface area contributed by atoms with Crippen molar-refractivity contribution in [3.63, 3.8) is 0 Å². The number of unbranched alkanes of at least 4 members (excludes halogenated alkanes) is 2. The van der Waals surface area contributed by atoms with Crippen molar-refractivity contribution >= 4 is 43.3 Å². The molecule has 0 saturated heterocycles. The molecule has 2 N–H and O–H groups in total. The topological polar surface area (TPSA) is 162 Å². The molecular formula is C42H61N3O8S2. The molecule has 304 valence electrons. The predicted octanol–water partition coefficient (Wildman–Crippen LogP) is 5.67. The summed E-state index contributed by atoms with van der Waals surface area (Å²) >= 11 is 0. The number of para-hydroxylation sites is 2. The molecule has 2 aromatic carbocycles. The number of aliphatic carboxylic acids is 1. The average molecular weight is 800 g/mol. The number of quaternary nitrogens is 1. The molecule has 2 aliphatic heterocycles. The van der Waals surface area contributed by atoms with Gasteiger partial charge in [0.25, 0.3) is 0 Å². The van der Waals surface area contributed by atoms with Crippen LogP contribution in [0.2, 0.25) is 0 Å². The van der Waals surface area contributed by atoms with E-state index in [0.29, 0.717) is 19.5 Å². The maximum absolute atomic E-state index is 11.4. The fourth-order valence-corrected chi connectivity index (χ4v) is 8.70. The quantitative estimate of drug-likeness (QED) is 0.0744. The molecule has 0 bridgehead atoms. The molecule has 2 aromatic rings. The second-order valence-electron chi connectivity index (χ2n) is 15.0. The van der Waals surface area contributed by atoms with Gasteiger partial charge in [0.1, 0.15) is 6.54 Å². The second-order valence-corrected chi connectivity index (χ2v) is 18.0. The van der Waals surface area contributed by atoms with E-state index >= 15 is 0 Å². The van der Waals surface area contributed by atoms with Crippen LogP contribution in [0.15, 0.2) is 84.6 Å². The number of nitrogens with zero attached hydrogens (tertiary/aromatic N) is 2. The summed E-state index contributed by atoms with van der Waals surface area (Å²) in [6, 6.07) is 15.9. The highest BCUT2D eigenvalue weighted by Crippen LogP contribution is 2.50. The summed E-state index contributed by atoms with van der Waals surface area (Å²) in [5.74, 6) is -1.71. The van der Waals surface area contributed by atoms with Gasteiger partial charge in [-0.25, -0.2) is 16.8 Å². The van der Waals surface area contributed by atoms with Gasteiger partial charge in [-0.2, -0.15) is 4.58 Å². The Kier molecular flexibility index (Phi) is 17.1. The molecule has 2 aliphatic rings. The van der Waals surface area contributed by atoms with E-state index in [1.807, 2.05) is 66.8 Å². The van der Waals surface area contributed by atoms with Crippen LogP contribution in [-0.2, 0) is 35.9 Å². The number of rotatable bonds is 20. The molecule has 0 spiro atoms. The van der Waals surface area contributed by atoms with Crippen molar-refractivity contribution in [3.05, 3.63) is 95.7 Å². The lowest BCUT2D eigenvalue weighted by atomic mass is 9.77. The molecule has 0 aromatic heterocycles. The van der Waals surface area contributed by atoms with Crippen LogP contribution in [0.4, 0.5) is 11.4 Å². The Morgan fingerprint density at radius 2 is 1.40 bits per heavy atom. The van der Waals surface area contributed by atoms with Gasteiger partial charge in [0.05, 0.1) is 45.3 Å². The summed E-state index contributed by atoms with van der Waals surface area (Å²) in [7, 11) is -8.69. The molecule has 2 heterocycles. The normalized spacial score (nSPS) is 18.7. The van der Waals surface area contributed by atoms with Crippen LogP contribution in [0.25, 0.3) is 0 Å². The first kappa shape index (κ1) is 45.8. The van der Waals surface area contributed by atoms with Gasteiger partial charge in [-0.05, 0) is 78.5 Å². The maximum atomic E-state index is 11.4. The standard InChI is InChI=1S/C36H46N2O8S2.C6H15N/c1-35(2)28-16-9-11-18-30(28)37(24-14-26-47(41,42)43)32(35)20-6-4-7-21-33-36(3,23-13-5-8-22-34(39)40)29-17-10-12-19-31(29)38(33)25-15-27-48(44,45)46;1-4-7(5-2)6-3/h4,6-7,9-12,16-21H,5,8,13-15,22-27H2,1-3H3,(H2-,39,40,41,42,43,44,45,46);4-6H2,1-3H3. The molecular weight excluding hydrogens is 739 g/mol. The minimum Gasteiger partial charge on any atom is -0.748 e. The molecule has 11 nitrogen and oxygen atoms in total. The van der Waals surface area contributed by atoms with Crippen molar-refractivity contribution in [3.8, 4) is 0 Å². The Labute approximate surface area is 329 Å². The van der Waals surface area contributed by atoms with Gasteiger partial charge in [0, 0.05) is 65.4 Å². The minimum atomic E-state index is -4.37. The van der Waals surface area contributed by atoms with E-state index in [9.17, 15) is 30.7 Å². The number of nitrogens with one attached hydrogen (secondary N) is 1. The first-order valence-electron chi connectivity index (χ1n) is 19.5. The van der Waals surface area contributed by atoms with Crippen LogP contribution >= 0.6 is 0 Å². The Hall–Kier alpha value is -3.62. The summed E-state index contributed by atoms with van der Waals surface area (Å²) in [5, 5.41) is 9.06. The number of benzene rings is 2. The Morgan fingerprint density at radius 1 is 0.800 bits per heavy atom. The highest BCUT2D eigenvalue weighted by atomic mass is 32.2. The molecule has 0 saturated carbocycles. The number of carbonyl (C=O) groups is 1. The summed E-state index contributed by atoms with van der Waals surface area (Å²) < 4.78 is 70.2. The van der Waals surface area contributed by atoms with Crippen molar-refractivity contribution in [1.82, 2.24) is 0 Å². The Balaban J connectivity index is 0.00000106. The summed E-state index contributed by atoms with van der Waals surface area (Å²) in [4.78, 5) is 14.8. The van der Waals surface area contributed by atoms with E-state index in [-0.39, 0.29) is 24.7 Å². The van der Waals surface area contributed by atoms with Crippen LogP contribution in [0.1, 0.15) is 97.6 Å². The van der Waals surface area contributed by atoms with E-state index in [1.165, 1.54) is 19.6 Å². The first-order chi connectivity index (χ1) is 25.9. The lowest BCUT2D eigenvalue weighted by Crippen LogP contribution is -3.11. The maximum Gasteiger partial charge on any atom is 0.303 e. The summed E-state index contributed by atoms with van der Waals surface area (Å²) in [5.41, 5.74) is 5.31. The largest absolute Gasteiger partial charge is 0.748 e. The molecule has 13 heteroatoms. The van der Waals surface area contributed by atoms with Crippen LogP contribution in [-0.4, -0.2) is 91.5 Å².